The number of carbonyl (C=O) groups is 1. The second-order valence-electron chi connectivity index (χ2n) is 3.64. The van der Waals surface area contributed by atoms with Gasteiger partial charge in [0, 0.05) is 34.6 Å². The molecule has 0 amide bonds. The average molecular weight is 260 g/mol. The average Bonchev–Trinajstić information content (AvgIpc) is 2.40. The smallest absolute Gasteiger partial charge is 0.189 e. The van der Waals surface area contributed by atoms with Gasteiger partial charge in [-0.15, -0.1) is 0 Å². The van der Waals surface area contributed by atoms with Crippen LogP contribution in [-0.4, -0.2) is 15.9 Å². The van der Waals surface area contributed by atoms with E-state index in [1.54, 1.807) is 36.4 Å². The van der Waals surface area contributed by atoms with Crippen LogP contribution in [0.5, 0.6) is 0 Å². The molecule has 0 saturated heterocycles. The molecule has 4 heteroatoms. The van der Waals surface area contributed by atoms with Gasteiger partial charge in [-0.1, -0.05) is 11.6 Å². The second kappa shape index (κ2) is 5.47. The summed E-state index contributed by atoms with van der Waals surface area (Å²) in [6.07, 6.45) is 4.24. The van der Waals surface area contributed by atoms with Gasteiger partial charge in [0.05, 0.1) is 0 Å². The normalized spacial score (nSPS) is 11.3. The van der Waals surface area contributed by atoms with Gasteiger partial charge in [-0.2, -0.15) is 0 Å². The fraction of sp³-hybridized carbons (Fsp3) is 0. The van der Waals surface area contributed by atoms with E-state index >= 15 is 0 Å². The molecule has 0 saturated carbocycles. The number of rotatable bonds is 3. The number of halogens is 1. The summed E-state index contributed by atoms with van der Waals surface area (Å²) in [6, 6.07) is 9.78. The van der Waals surface area contributed by atoms with Crippen LogP contribution < -0.4 is 0 Å². The van der Waals surface area contributed by atoms with Crippen LogP contribution in [0.2, 0.25) is 5.02 Å². The Labute approximate surface area is 109 Å². The van der Waals surface area contributed by atoms with Crippen molar-refractivity contribution in [2.24, 2.45) is 0 Å². The molecule has 0 aliphatic heterocycles. The van der Waals surface area contributed by atoms with Crippen LogP contribution in [0.25, 0.3) is 5.76 Å². The minimum atomic E-state index is -0.273. The molecule has 0 radical (unpaired) electrons. The topological polar surface area (TPSA) is 50.2 Å². The quantitative estimate of drug-likeness (QED) is 0.521. The Hall–Kier alpha value is -2.13. The molecule has 0 fully saturated rings. The summed E-state index contributed by atoms with van der Waals surface area (Å²) < 4.78 is 0. The van der Waals surface area contributed by atoms with Crippen molar-refractivity contribution in [3.05, 3.63) is 71.0 Å². The van der Waals surface area contributed by atoms with Crippen molar-refractivity contribution in [2.75, 3.05) is 0 Å². The molecule has 0 atom stereocenters. The molecule has 1 heterocycles. The van der Waals surface area contributed by atoms with Crippen molar-refractivity contribution in [1.82, 2.24) is 4.98 Å². The molecule has 0 aliphatic carbocycles. The van der Waals surface area contributed by atoms with Crippen molar-refractivity contribution in [3.8, 4) is 0 Å². The van der Waals surface area contributed by atoms with Gasteiger partial charge in [0.2, 0.25) is 0 Å². The van der Waals surface area contributed by atoms with E-state index in [0.717, 1.165) is 0 Å². The van der Waals surface area contributed by atoms with Gasteiger partial charge in [-0.05, 0) is 36.4 Å². The molecular formula is C14H10ClNO2. The predicted molar refractivity (Wildman–Crippen MR) is 70.6 cm³/mol. The Morgan fingerprint density at radius 1 is 1.06 bits per heavy atom. The van der Waals surface area contributed by atoms with Crippen LogP contribution in [-0.2, 0) is 0 Å². The minimum absolute atomic E-state index is 0.0894. The molecule has 0 spiro atoms. The highest BCUT2D eigenvalue weighted by Crippen LogP contribution is 2.16. The van der Waals surface area contributed by atoms with Gasteiger partial charge in [-0.25, -0.2) is 0 Å². The summed E-state index contributed by atoms with van der Waals surface area (Å²) in [5.74, 6) is -0.363. The number of aliphatic hydroxyl groups is 1. The lowest BCUT2D eigenvalue weighted by Gasteiger charge is -2.00. The summed E-state index contributed by atoms with van der Waals surface area (Å²) >= 11 is 5.74. The fourth-order valence-corrected chi connectivity index (χ4v) is 1.55. The molecule has 1 N–H and O–H groups in total. The lowest BCUT2D eigenvalue weighted by atomic mass is 10.1. The van der Waals surface area contributed by atoms with E-state index in [0.29, 0.717) is 16.1 Å². The van der Waals surface area contributed by atoms with Crippen molar-refractivity contribution >= 4 is 23.1 Å². The van der Waals surface area contributed by atoms with Crippen LogP contribution in [0, 0.1) is 0 Å². The summed E-state index contributed by atoms with van der Waals surface area (Å²) in [6.45, 7) is 0. The van der Waals surface area contributed by atoms with Gasteiger partial charge in [0.15, 0.2) is 5.78 Å². The first kappa shape index (κ1) is 12.3. The standard InChI is InChI=1S/C14H10ClNO2/c15-12-3-1-10(2-4-12)13(17)9-14(18)11-5-7-16-8-6-11/h1-9,17H/b13-9-. The Kier molecular flexibility index (Phi) is 3.75. The number of benzene rings is 1. The maximum Gasteiger partial charge on any atom is 0.189 e. The van der Waals surface area contributed by atoms with Crippen molar-refractivity contribution in [1.29, 1.82) is 0 Å². The first-order valence-electron chi connectivity index (χ1n) is 5.28. The van der Waals surface area contributed by atoms with Crippen LogP contribution in [0.3, 0.4) is 0 Å². The third-order valence-electron chi connectivity index (χ3n) is 2.37. The van der Waals surface area contributed by atoms with E-state index < -0.39 is 0 Å². The third kappa shape index (κ3) is 2.96. The van der Waals surface area contributed by atoms with E-state index in [1.807, 2.05) is 0 Å². The largest absolute Gasteiger partial charge is 0.507 e. The third-order valence-corrected chi connectivity index (χ3v) is 2.62. The minimum Gasteiger partial charge on any atom is -0.507 e. The fourth-order valence-electron chi connectivity index (χ4n) is 1.43. The molecule has 1 aromatic carbocycles. The number of nitrogens with zero attached hydrogens (tertiary/aromatic N) is 1. The van der Waals surface area contributed by atoms with E-state index in [1.165, 1.54) is 18.5 Å². The molecule has 18 heavy (non-hydrogen) atoms. The summed E-state index contributed by atoms with van der Waals surface area (Å²) in [4.78, 5) is 15.6. The molecule has 1 aromatic heterocycles. The number of aromatic nitrogens is 1. The first-order chi connectivity index (χ1) is 8.66. The number of aliphatic hydroxyl groups excluding tert-OH is 1. The van der Waals surface area contributed by atoms with E-state index in [4.69, 9.17) is 11.6 Å². The molecule has 2 aromatic rings. The monoisotopic (exact) mass is 259 g/mol. The SMILES string of the molecule is O=C(/C=C(\O)c1ccc(Cl)cc1)c1ccncc1. The number of carbonyl (C=O) groups excluding carboxylic acids is 1. The molecule has 2 rings (SSSR count). The van der Waals surface area contributed by atoms with Gasteiger partial charge < -0.3 is 5.11 Å². The zero-order valence-corrected chi connectivity index (χ0v) is 10.1. The summed E-state index contributed by atoms with van der Waals surface area (Å²) in [5, 5.41) is 10.4. The second-order valence-corrected chi connectivity index (χ2v) is 4.07. The Morgan fingerprint density at radius 2 is 1.67 bits per heavy atom. The number of hydrogen-bond acceptors (Lipinski definition) is 3. The summed E-state index contributed by atoms with van der Waals surface area (Å²) in [5.41, 5.74) is 1.02. The van der Waals surface area contributed by atoms with Crippen molar-refractivity contribution < 1.29 is 9.90 Å². The number of hydrogen-bond donors (Lipinski definition) is 1. The van der Waals surface area contributed by atoms with Crippen LogP contribution in [0.1, 0.15) is 15.9 Å². The Morgan fingerprint density at radius 3 is 2.28 bits per heavy atom. The van der Waals surface area contributed by atoms with E-state index in [9.17, 15) is 9.90 Å². The molecule has 0 aliphatic rings. The maximum atomic E-state index is 11.8. The molecule has 90 valence electrons. The Bertz CT molecular complexity index is 577. The molecule has 0 unspecified atom stereocenters. The van der Waals surface area contributed by atoms with Gasteiger partial charge in [0.1, 0.15) is 5.76 Å². The zero-order chi connectivity index (χ0) is 13.0. The van der Waals surface area contributed by atoms with Crippen LogP contribution in [0.4, 0.5) is 0 Å². The number of allylic oxidation sites excluding steroid dienone is 1. The van der Waals surface area contributed by atoms with Crippen molar-refractivity contribution in [2.45, 2.75) is 0 Å². The summed E-state index contributed by atoms with van der Waals surface area (Å²) in [7, 11) is 0. The van der Waals surface area contributed by atoms with E-state index in [-0.39, 0.29) is 11.5 Å². The highest BCUT2D eigenvalue weighted by atomic mass is 35.5. The van der Waals surface area contributed by atoms with Crippen LogP contribution in [0.15, 0.2) is 54.9 Å². The van der Waals surface area contributed by atoms with Gasteiger partial charge >= 0.3 is 0 Å². The zero-order valence-electron chi connectivity index (χ0n) is 9.38. The maximum absolute atomic E-state index is 11.8. The lowest BCUT2D eigenvalue weighted by molar-refractivity contribution is 0.104. The highest BCUT2D eigenvalue weighted by Gasteiger charge is 2.05. The lowest BCUT2D eigenvalue weighted by Crippen LogP contribution is -1.96. The first-order valence-corrected chi connectivity index (χ1v) is 5.65. The van der Waals surface area contributed by atoms with Gasteiger partial charge in [-0.3, -0.25) is 9.78 Å². The van der Waals surface area contributed by atoms with Crippen LogP contribution >= 0.6 is 11.6 Å². The van der Waals surface area contributed by atoms with Gasteiger partial charge in [0.25, 0.3) is 0 Å². The molecule has 0 bridgehead atoms. The predicted octanol–water partition coefficient (Wildman–Crippen LogP) is 3.52. The van der Waals surface area contributed by atoms with E-state index in [2.05, 4.69) is 4.98 Å². The molecule has 3 nitrogen and oxygen atoms in total. The highest BCUT2D eigenvalue weighted by molar-refractivity contribution is 6.30. The van der Waals surface area contributed by atoms with Crippen molar-refractivity contribution in [3.63, 3.8) is 0 Å². The number of ketones is 1. The Balaban J connectivity index is 2.23. The molecular weight excluding hydrogens is 250 g/mol. The number of pyridine rings is 1.